The third kappa shape index (κ3) is 3.83. The molecule has 1 amide bonds. The van der Waals surface area contributed by atoms with E-state index in [1.807, 2.05) is 30.3 Å². The molecule has 4 rings (SSSR count). The summed E-state index contributed by atoms with van der Waals surface area (Å²) in [5.74, 6) is 0.636. The predicted molar refractivity (Wildman–Crippen MR) is 108 cm³/mol. The van der Waals surface area contributed by atoms with Crippen molar-refractivity contribution in [1.29, 1.82) is 0 Å². The Morgan fingerprint density at radius 2 is 1.93 bits per heavy atom. The van der Waals surface area contributed by atoms with Gasteiger partial charge in [-0.2, -0.15) is 0 Å². The fourth-order valence-corrected chi connectivity index (χ4v) is 4.17. The molecule has 28 heavy (non-hydrogen) atoms. The molecule has 2 aromatic rings. The van der Waals surface area contributed by atoms with Gasteiger partial charge in [-0.15, -0.1) is 0 Å². The predicted octanol–water partition coefficient (Wildman–Crippen LogP) is 2.44. The number of carbonyl (C=O) groups is 1. The Morgan fingerprint density at radius 3 is 2.71 bits per heavy atom. The molecule has 2 aliphatic rings. The van der Waals surface area contributed by atoms with E-state index in [1.165, 1.54) is 6.42 Å². The summed E-state index contributed by atoms with van der Waals surface area (Å²) in [5, 5.41) is 3.46. The number of nitrogens with one attached hydrogen (secondary N) is 2. The van der Waals surface area contributed by atoms with Gasteiger partial charge in [0.2, 0.25) is 0 Å². The maximum absolute atomic E-state index is 13.1. The molecule has 0 spiro atoms. The van der Waals surface area contributed by atoms with Crippen LogP contribution in [0.25, 0.3) is 0 Å². The van der Waals surface area contributed by atoms with Crippen molar-refractivity contribution in [3.63, 3.8) is 0 Å². The summed E-state index contributed by atoms with van der Waals surface area (Å²) in [5.41, 5.74) is 3.26. The van der Waals surface area contributed by atoms with Crippen molar-refractivity contribution in [2.45, 2.75) is 38.1 Å². The Balaban J connectivity index is 1.54. The quantitative estimate of drug-likeness (QED) is 0.801. The highest BCUT2D eigenvalue weighted by Crippen LogP contribution is 2.22. The van der Waals surface area contributed by atoms with Crippen molar-refractivity contribution in [2.24, 2.45) is 0 Å². The number of piperazine rings is 1. The van der Waals surface area contributed by atoms with Crippen LogP contribution in [-0.4, -0.2) is 42.5 Å². The van der Waals surface area contributed by atoms with Gasteiger partial charge in [-0.1, -0.05) is 18.6 Å². The second kappa shape index (κ2) is 8.19. The van der Waals surface area contributed by atoms with Crippen molar-refractivity contribution in [1.82, 2.24) is 15.2 Å². The van der Waals surface area contributed by atoms with Gasteiger partial charge in [-0.3, -0.25) is 9.59 Å². The molecule has 1 atom stereocenters. The zero-order valence-electron chi connectivity index (χ0n) is 16.3. The number of ether oxygens (including phenoxy) is 1. The fraction of sp³-hybridized carbons (Fsp3) is 0.455. The van der Waals surface area contributed by atoms with E-state index in [0.717, 1.165) is 48.3 Å². The van der Waals surface area contributed by atoms with Crippen molar-refractivity contribution in [3.05, 3.63) is 63.1 Å². The van der Waals surface area contributed by atoms with Gasteiger partial charge < -0.3 is 19.9 Å². The van der Waals surface area contributed by atoms with E-state index in [2.05, 4.69) is 10.3 Å². The Labute approximate surface area is 164 Å². The number of aryl methyl sites for hydroxylation is 2. The number of hydrogen-bond acceptors (Lipinski definition) is 4. The molecular weight excluding hydrogens is 354 g/mol. The molecule has 1 saturated heterocycles. The zero-order chi connectivity index (χ0) is 19.5. The molecule has 6 heteroatoms. The van der Waals surface area contributed by atoms with E-state index in [-0.39, 0.29) is 23.1 Å². The lowest BCUT2D eigenvalue weighted by Gasteiger charge is -2.34. The number of pyridine rings is 1. The number of H-pyrrole nitrogens is 1. The van der Waals surface area contributed by atoms with Gasteiger partial charge in [-0.25, -0.2) is 0 Å². The number of aromatic nitrogens is 1. The van der Waals surface area contributed by atoms with Crippen molar-refractivity contribution < 1.29 is 9.53 Å². The Bertz CT molecular complexity index is 904. The molecule has 1 aliphatic heterocycles. The molecule has 0 radical (unpaired) electrons. The van der Waals surface area contributed by atoms with E-state index in [4.69, 9.17) is 4.74 Å². The topological polar surface area (TPSA) is 74.4 Å². The molecule has 0 bridgehead atoms. The first-order valence-corrected chi connectivity index (χ1v) is 10.1. The summed E-state index contributed by atoms with van der Waals surface area (Å²) in [7, 11) is 1.65. The molecular formula is C22H27N3O3. The van der Waals surface area contributed by atoms with Gasteiger partial charge in [-0.05, 0) is 55.0 Å². The molecule has 6 nitrogen and oxygen atoms in total. The number of nitrogens with zero attached hydrogens (tertiary/aromatic N) is 1. The van der Waals surface area contributed by atoms with Gasteiger partial charge in [0.25, 0.3) is 11.5 Å². The molecule has 2 N–H and O–H groups in total. The molecule has 1 fully saturated rings. The standard InChI is InChI=1S/C22H27N3O3/c1-28-17-9-7-15(8-10-17)20-14-25(12-11-23-20)22(27)18-13-16-5-3-2-4-6-19(16)24-21(18)26/h7-10,13,20,23H,2-6,11-12,14H2,1H3,(H,24,26). The number of methoxy groups -OCH3 is 1. The smallest absolute Gasteiger partial charge is 0.261 e. The molecule has 1 aliphatic carbocycles. The largest absolute Gasteiger partial charge is 0.497 e. The summed E-state index contributed by atoms with van der Waals surface area (Å²) < 4.78 is 5.22. The van der Waals surface area contributed by atoms with E-state index in [1.54, 1.807) is 12.0 Å². The van der Waals surface area contributed by atoms with Crippen LogP contribution in [0.2, 0.25) is 0 Å². The lowest BCUT2D eigenvalue weighted by molar-refractivity contribution is 0.0701. The monoisotopic (exact) mass is 381 g/mol. The number of benzene rings is 1. The van der Waals surface area contributed by atoms with Gasteiger partial charge in [0, 0.05) is 31.4 Å². The van der Waals surface area contributed by atoms with Crippen LogP contribution in [0.1, 0.15) is 52.5 Å². The lowest BCUT2D eigenvalue weighted by atomic mass is 10.0. The third-order valence-electron chi connectivity index (χ3n) is 5.80. The number of carbonyl (C=O) groups excluding carboxylic acids is 1. The summed E-state index contributed by atoms with van der Waals surface area (Å²) >= 11 is 0. The number of rotatable bonds is 3. The average Bonchev–Trinajstić information content (AvgIpc) is 2.97. The first kappa shape index (κ1) is 18.7. The van der Waals surface area contributed by atoms with Crippen LogP contribution >= 0.6 is 0 Å². The number of hydrogen-bond donors (Lipinski definition) is 2. The van der Waals surface area contributed by atoms with Gasteiger partial charge >= 0.3 is 0 Å². The second-order valence-corrected chi connectivity index (χ2v) is 7.61. The van der Waals surface area contributed by atoms with Crippen LogP contribution in [0, 0.1) is 0 Å². The van der Waals surface area contributed by atoms with Crippen LogP contribution < -0.4 is 15.6 Å². The van der Waals surface area contributed by atoms with Gasteiger partial charge in [0.05, 0.1) is 7.11 Å². The van der Waals surface area contributed by atoms with Crippen LogP contribution in [0.3, 0.4) is 0 Å². The Kier molecular flexibility index (Phi) is 5.48. The van der Waals surface area contributed by atoms with E-state index >= 15 is 0 Å². The second-order valence-electron chi connectivity index (χ2n) is 7.61. The minimum Gasteiger partial charge on any atom is -0.497 e. The minimum absolute atomic E-state index is 0.0449. The summed E-state index contributed by atoms with van der Waals surface area (Å²) in [6.07, 6.45) is 5.20. The zero-order valence-corrected chi connectivity index (χ0v) is 16.3. The van der Waals surface area contributed by atoms with E-state index in [0.29, 0.717) is 19.6 Å². The molecule has 148 valence electrons. The van der Waals surface area contributed by atoms with Crippen LogP contribution in [0.5, 0.6) is 5.75 Å². The number of fused-ring (bicyclic) bond motifs is 1. The maximum atomic E-state index is 13.1. The Morgan fingerprint density at radius 1 is 1.14 bits per heavy atom. The maximum Gasteiger partial charge on any atom is 0.261 e. The fourth-order valence-electron chi connectivity index (χ4n) is 4.17. The average molecular weight is 381 g/mol. The summed E-state index contributed by atoms with van der Waals surface area (Å²) in [4.78, 5) is 30.5. The first-order chi connectivity index (χ1) is 13.7. The third-order valence-corrected chi connectivity index (χ3v) is 5.80. The van der Waals surface area contributed by atoms with Crippen molar-refractivity contribution >= 4 is 5.91 Å². The minimum atomic E-state index is -0.259. The normalized spacial score (nSPS) is 19.6. The van der Waals surface area contributed by atoms with Gasteiger partial charge in [0.1, 0.15) is 11.3 Å². The lowest BCUT2D eigenvalue weighted by Crippen LogP contribution is -2.49. The molecule has 1 unspecified atom stereocenters. The number of amides is 1. The SMILES string of the molecule is COc1ccc(C2CN(C(=O)c3cc4c([nH]c3=O)CCCCC4)CCN2)cc1. The molecule has 1 aromatic carbocycles. The highest BCUT2D eigenvalue weighted by Gasteiger charge is 2.27. The number of aromatic amines is 1. The molecule has 1 aromatic heterocycles. The van der Waals surface area contributed by atoms with E-state index < -0.39 is 0 Å². The van der Waals surface area contributed by atoms with Crippen molar-refractivity contribution in [2.75, 3.05) is 26.7 Å². The highest BCUT2D eigenvalue weighted by atomic mass is 16.5. The first-order valence-electron chi connectivity index (χ1n) is 10.1. The highest BCUT2D eigenvalue weighted by molar-refractivity contribution is 5.94. The Hall–Kier alpha value is -2.60. The van der Waals surface area contributed by atoms with Crippen LogP contribution in [0.15, 0.2) is 35.1 Å². The molecule has 2 heterocycles. The summed E-state index contributed by atoms with van der Waals surface area (Å²) in [6.45, 7) is 1.84. The molecule has 0 saturated carbocycles. The van der Waals surface area contributed by atoms with E-state index in [9.17, 15) is 9.59 Å². The van der Waals surface area contributed by atoms with Crippen LogP contribution in [-0.2, 0) is 12.8 Å². The summed E-state index contributed by atoms with van der Waals surface area (Å²) in [6, 6.07) is 9.76. The van der Waals surface area contributed by atoms with Crippen LogP contribution in [0.4, 0.5) is 0 Å². The van der Waals surface area contributed by atoms with Gasteiger partial charge in [0.15, 0.2) is 0 Å². The van der Waals surface area contributed by atoms with Crippen molar-refractivity contribution in [3.8, 4) is 5.75 Å².